The Hall–Kier alpha value is 0.340. The first-order chi connectivity index (χ1) is 6.70. The molecular formula is C7H14BrNO4S2. The topological polar surface area (TPSA) is 80.3 Å². The summed E-state index contributed by atoms with van der Waals surface area (Å²) in [6.45, 7) is 0.253. The molecule has 1 fully saturated rings. The average Bonchev–Trinajstić information content (AvgIpc) is 2.77. The van der Waals surface area contributed by atoms with Gasteiger partial charge in [-0.1, -0.05) is 15.9 Å². The summed E-state index contributed by atoms with van der Waals surface area (Å²) in [5.74, 6) is 0.519. The first-order valence-electron chi connectivity index (χ1n) is 4.49. The third-order valence-electron chi connectivity index (χ3n) is 2.00. The fourth-order valence-electron chi connectivity index (χ4n) is 1.15. The van der Waals surface area contributed by atoms with Crippen LogP contribution in [0.15, 0.2) is 0 Å². The fraction of sp³-hybridized carbons (Fsp3) is 1.00. The molecule has 8 heteroatoms. The zero-order valence-corrected chi connectivity index (χ0v) is 11.5. The number of hydrogen-bond acceptors (Lipinski definition) is 4. The van der Waals surface area contributed by atoms with Crippen LogP contribution < -0.4 is 4.72 Å². The van der Waals surface area contributed by atoms with Crippen molar-refractivity contribution in [2.75, 3.05) is 17.9 Å². The van der Waals surface area contributed by atoms with Crippen LogP contribution in [-0.4, -0.2) is 39.5 Å². The minimum atomic E-state index is -3.71. The van der Waals surface area contributed by atoms with E-state index in [2.05, 4.69) is 20.7 Å². The SMILES string of the molecule is CS(=O)(=O)CS(=O)(=O)NCC(Br)C1CC1. The standard InChI is InChI=1S/C7H14BrNO4S2/c1-14(10,11)5-15(12,13)9-4-7(8)6-2-3-6/h6-7,9H,2-5H2,1H3. The van der Waals surface area contributed by atoms with Crippen LogP contribution in [0.2, 0.25) is 0 Å². The van der Waals surface area contributed by atoms with Gasteiger partial charge in [-0.3, -0.25) is 0 Å². The highest BCUT2D eigenvalue weighted by molar-refractivity contribution is 9.09. The van der Waals surface area contributed by atoms with Gasteiger partial charge >= 0.3 is 0 Å². The van der Waals surface area contributed by atoms with E-state index < -0.39 is 24.9 Å². The molecule has 0 radical (unpaired) electrons. The molecular weight excluding hydrogens is 306 g/mol. The van der Waals surface area contributed by atoms with Crippen LogP contribution in [0.4, 0.5) is 0 Å². The van der Waals surface area contributed by atoms with Crippen LogP contribution in [-0.2, 0) is 19.9 Å². The Labute approximate surface area is 98.7 Å². The Morgan fingerprint density at radius 3 is 2.27 bits per heavy atom. The van der Waals surface area contributed by atoms with Gasteiger partial charge in [0.25, 0.3) is 0 Å². The molecule has 1 atom stereocenters. The van der Waals surface area contributed by atoms with Gasteiger partial charge in [0.05, 0.1) is 0 Å². The van der Waals surface area contributed by atoms with Crippen molar-refractivity contribution in [1.82, 2.24) is 4.72 Å². The highest BCUT2D eigenvalue weighted by Crippen LogP contribution is 2.36. The number of rotatable bonds is 6. The first-order valence-corrected chi connectivity index (χ1v) is 9.11. The van der Waals surface area contributed by atoms with Crippen molar-refractivity contribution in [2.24, 2.45) is 5.92 Å². The lowest BCUT2D eigenvalue weighted by Gasteiger charge is -2.09. The van der Waals surface area contributed by atoms with Gasteiger partial charge in [0.1, 0.15) is 0 Å². The molecule has 0 amide bonds. The Kier molecular flexibility index (Phi) is 4.19. The third-order valence-corrected chi connectivity index (χ3v) is 6.63. The summed E-state index contributed by atoms with van der Waals surface area (Å²) in [5.41, 5.74) is 0. The Balaban J connectivity index is 2.42. The minimum absolute atomic E-state index is 0.104. The number of halogens is 1. The molecule has 0 aliphatic heterocycles. The van der Waals surface area contributed by atoms with Gasteiger partial charge in [-0.25, -0.2) is 21.6 Å². The lowest BCUT2D eigenvalue weighted by Crippen LogP contribution is -2.34. The third kappa shape index (κ3) is 5.84. The maximum Gasteiger partial charge on any atom is 0.226 e. The normalized spacial score (nSPS) is 20.1. The van der Waals surface area contributed by atoms with Crippen LogP contribution in [0.25, 0.3) is 0 Å². The molecule has 90 valence electrons. The van der Waals surface area contributed by atoms with Crippen LogP contribution in [0, 0.1) is 5.92 Å². The second kappa shape index (κ2) is 4.68. The molecule has 1 saturated carbocycles. The van der Waals surface area contributed by atoms with E-state index in [0.29, 0.717) is 5.92 Å². The molecule has 1 aliphatic rings. The largest absolute Gasteiger partial charge is 0.228 e. The number of sulfone groups is 1. The lowest BCUT2D eigenvalue weighted by molar-refractivity contribution is 0.577. The zero-order valence-electron chi connectivity index (χ0n) is 8.31. The summed E-state index contributed by atoms with van der Waals surface area (Å²) in [5, 5.41) is -0.843. The number of sulfonamides is 1. The highest BCUT2D eigenvalue weighted by atomic mass is 79.9. The maximum atomic E-state index is 11.3. The summed E-state index contributed by atoms with van der Waals surface area (Å²) in [4.78, 5) is 0.104. The lowest BCUT2D eigenvalue weighted by atomic mass is 10.3. The number of hydrogen-bond donors (Lipinski definition) is 1. The van der Waals surface area contributed by atoms with Crippen molar-refractivity contribution >= 4 is 35.8 Å². The molecule has 0 saturated heterocycles. The van der Waals surface area contributed by atoms with Crippen LogP contribution in [0.3, 0.4) is 0 Å². The summed E-state index contributed by atoms with van der Waals surface area (Å²) in [6.07, 6.45) is 3.10. The van der Waals surface area contributed by atoms with Crippen molar-refractivity contribution < 1.29 is 16.8 Å². The highest BCUT2D eigenvalue weighted by Gasteiger charge is 2.30. The smallest absolute Gasteiger partial charge is 0.226 e. The van der Waals surface area contributed by atoms with Gasteiger partial charge in [0.15, 0.2) is 14.9 Å². The Morgan fingerprint density at radius 1 is 1.33 bits per heavy atom. The zero-order chi connectivity index (χ0) is 11.7. The van der Waals surface area contributed by atoms with Crippen molar-refractivity contribution in [1.29, 1.82) is 0 Å². The van der Waals surface area contributed by atoms with Gasteiger partial charge in [0.2, 0.25) is 10.0 Å². The number of nitrogens with one attached hydrogen (secondary N) is 1. The summed E-state index contributed by atoms with van der Waals surface area (Å²) >= 11 is 3.36. The van der Waals surface area contributed by atoms with Crippen molar-refractivity contribution in [3.63, 3.8) is 0 Å². The summed E-state index contributed by atoms with van der Waals surface area (Å²) in [6, 6.07) is 0. The van der Waals surface area contributed by atoms with Gasteiger partial charge in [-0.15, -0.1) is 0 Å². The molecule has 1 N–H and O–H groups in total. The van der Waals surface area contributed by atoms with Gasteiger partial charge in [-0.2, -0.15) is 0 Å². The van der Waals surface area contributed by atoms with Gasteiger partial charge in [-0.05, 0) is 18.8 Å². The fourth-order valence-corrected chi connectivity index (χ4v) is 5.08. The molecule has 0 aromatic heterocycles. The van der Waals surface area contributed by atoms with Crippen molar-refractivity contribution in [3.8, 4) is 0 Å². The molecule has 0 bridgehead atoms. The van der Waals surface area contributed by atoms with E-state index in [0.717, 1.165) is 19.1 Å². The maximum absolute atomic E-state index is 11.3. The summed E-state index contributed by atoms with van der Waals surface area (Å²) in [7, 11) is -7.21. The molecule has 1 aliphatic carbocycles. The molecule has 0 aromatic rings. The predicted molar refractivity (Wildman–Crippen MR) is 62.1 cm³/mol. The molecule has 0 heterocycles. The predicted octanol–water partition coefficient (Wildman–Crippen LogP) is 0.0814. The second-order valence-corrected chi connectivity index (χ2v) is 9.35. The quantitative estimate of drug-likeness (QED) is 0.703. The van der Waals surface area contributed by atoms with Crippen molar-refractivity contribution in [3.05, 3.63) is 0 Å². The van der Waals surface area contributed by atoms with E-state index >= 15 is 0 Å². The van der Waals surface area contributed by atoms with E-state index in [4.69, 9.17) is 0 Å². The molecule has 1 rings (SSSR count). The van der Waals surface area contributed by atoms with E-state index in [-0.39, 0.29) is 11.4 Å². The monoisotopic (exact) mass is 319 g/mol. The minimum Gasteiger partial charge on any atom is -0.228 e. The van der Waals surface area contributed by atoms with Gasteiger partial charge < -0.3 is 0 Å². The van der Waals surface area contributed by atoms with Crippen LogP contribution >= 0.6 is 15.9 Å². The molecule has 15 heavy (non-hydrogen) atoms. The molecule has 0 spiro atoms. The Morgan fingerprint density at radius 2 is 1.87 bits per heavy atom. The second-order valence-electron chi connectivity index (χ2n) is 3.86. The Bertz CT molecular complexity index is 412. The molecule has 1 unspecified atom stereocenters. The van der Waals surface area contributed by atoms with E-state index in [1.54, 1.807) is 0 Å². The van der Waals surface area contributed by atoms with E-state index in [1.807, 2.05) is 0 Å². The summed E-state index contributed by atoms with van der Waals surface area (Å²) < 4.78 is 46.5. The van der Waals surface area contributed by atoms with Crippen LogP contribution in [0.1, 0.15) is 12.8 Å². The number of alkyl halides is 1. The van der Waals surface area contributed by atoms with Crippen molar-refractivity contribution in [2.45, 2.75) is 17.7 Å². The van der Waals surface area contributed by atoms with E-state index in [1.165, 1.54) is 0 Å². The molecule has 5 nitrogen and oxygen atoms in total. The van der Waals surface area contributed by atoms with E-state index in [9.17, 15) is 16.8 Å². The molecule has 0 aromatic carbocycles. The first kappa shape index (κ1) is 13.4. The van der Waals surface area contributed by atoms with Gasteiger partial charge in [0, 0.05) is 17.6 Å². The van der Waals surface area contributed by atoms with Crippen LogP contribution in [0.5, 0.6) is 0 Å². The average molecular weight is 320 g/mol.